The molecule has 41 heavy (non-hydrogen) atoms. The molecule has 3 aromatic carbocycles. The molecule has 0 unspecified atom stereocenters. The van der Waals surface area contributed by atoms with Crippen LogP contribution in [-0.4, -0.2) is 52.3 Å². The van der Waals surface area contributed by atoms with E-state index in [0.29, 0.717) is 29.2 Å². The van der Waals surface area contributed by atoms with Gasteiger partial charge < -0.3 is 9.47 Å². The molecule has 8 nitrogen and oxygen atoms in total. The van der Waals surface area contributed by atoms with E-state index in [2.05, 4.69) is 0 Å². The fourth-order valence-electron chi connectivity index (χ4n) is 5.35. The summed E-state index contributed by atoms with van der Waals surface area (Å²) < 4.78 is 82.2. The van der Waals surface area contributed by atoms with Crippen LogP contribution < -0.4 is 9.47 Å². The highest BCUT2D eigenvalue weighted by molar-refractivity contribution is 7.89. The van der Waals surface area contributed by atoms with Crippen molar-refractivity contribution >= 4 is 20.0 Å². The van der Waals surface area contributed by atoms with E-state index >= 15 is 0 Å². The quantitative estimate of drug-likeness (QED) is 0.268. The predicted molar refractivity (Wildman–Crippen MR) is 155 cm³/mol. The maximum Gasteiger partial charge on any atom is 0.243 e. The van der Waals surface area contributed by atoms with E-state index in [1.807, 2.05) is 6.92 Å². The topological polar surface area (TPSA) is 93.2 Å². The summed E-state index contributed by atoms with van der Waals surface area (Å²) in [6.45, 7) is 2.06. The molecule has 0 N–H and O–H groups in total. The number of halogens is 1. The average molecular weight is 605 g/mol. The Hall–Kier alpha value is -2.99. The standard InChI is InChI=1S/C30H37FN2O6S2/c1-4-33(26-10-6-5-7-11-26)41(36,37)28-19-17-27(18-20-28)40(34,35)32(21-23-13-15-25(31)16-14-23)22-24-9-8-12-29(38-2)30(24)39-3/h8-9,12-20,26H,4-7,10-11,21-22H2,1-3H3. The first-order valence-corrected chi connectivity index (χ1v) is 16.6. The van der Waals surface area contributed by atoms with E-state index in [1.165, 1.54) is 71.4 Å². The first-order valence-electron chi connectivity index (χ1n) is 13.7. The molecule has 1 aliphatic rings. The van der Waals surface area contributed by atoms with Gasteiger partial charge in [-0.05, 0) is 60.9 Å². The van der Waals surface area contributed by atoms with Crippen molar-refractivity contribution in [1.29, 1.82) is 0 Å². The van der Waals surface area contributed by atoms with Crippen LogP contribution in [0.25, 0.3) is 0 Å². The lowest BCUT2D eigenvalue weighted by molar-refractivity contribution is 0.261. The number of methoxy groups -OCH3 is 2. The number of para-hydroxylation sites is 1. The number of hydrogen-bond donors (Lipinski definition) is 0. The molecule has 0 saturated heterocycles. The predicted octanol–water partition coefficient (Wildman–Crippen LogP) is 5.58. The summed E-state index contributed by atoms with van der Waals surface area (Å²) in [5.41, 5.74) is 1.16. The van der Waals surface area contributed by atoms with Crippen LogP contribution in [0.3, 0.4) is 0 Å². The van der Waals surface area contributed by atoms with E-state index in [4.69, 9.17) is 9.47 Å². The largest absolute Gasteiger partial charge is 0.493 e. The van der Waals surface area contributed by atoms with Crippen molar-refractivity contribution in [3.63, 3.8) is 0 Å². The molecule has 0 bridgehead atoms. The zero-order valence-electron chi connectivity index (χ0n) is 23.6. The summed E-state index contributed by atoms with van der Waals surface area (Å²) in [5.74, 6) is 0.430. The monoisotopic (exact) mass is 604 g/mol. The van der Waals surface area contributed by atoms with E-state index in [-0.39, 0.29) is 28.9 Å². The summed E-state index contributed by atoms with van der Waals surface area (Å²) in [6.07, 6.45) is 4.75. The molecule has 1 aliphatic carbocycles. The Morgan fingerprint density at radius 2 is 1.39 bits per heavy atom. The Kier molecular flexibility index (Phi) is 10.1. The van der Waals surface area contributed by atoms with Crippen molar-refractivity contribution in [2.45, 2.75) is 68.0 Å². The summed E-state index contributed by atoms with van der Waals surface area (Å²) in [6, 6.07) is 16.1. The van der Waals surface area contributed by atoms with Gasteiger partial charge in [0.05, 0.1) is 24.0 Å². The number of rotatable bonds is 12. The van der Waals surface area contributed by atoms with Gasteiger partial charge in [-0.3, -0.25) is 0 Å². The average Bonchev–Trinajstić information content (AvgIpc) is 2.98. The fourth-order valence-corrected chi connectivity index (χ4v) is 8.45. The third kappa shape index (κ3) is 6.91. The lowest BCUT2D eigenvalue weighted by Crippen LogP contribution is -2.41. The molecule has 0 radical (unpaired) electrons. The Balaban J connectivity index is 1.68. The molecule has 0 aliphatic heterocycles. The second-order valence-corrected chi connectivity index (χ2v) is 13.9. The fraction of sp³-hybridized carbons (Fsp3) is 0.400. The minimum atomic E-state index is -4.13. The molecule has 1 saturated carbocycles. The number of nitrogens with zero attached hydrogens (tertiary/aromatic N) is 2. The lowest BCUT2D eigenvalue weighted by Gasteiger charge is -2.32. The van der Waals surface area contributed by atoms with Gasteiger partial charge in [0.15, 0.2) is 11.5 Å². The number of sulfonamides is 2. The minimum Gasteiger partial charge on any atom is -0.493 e. The number of benzene rings is 3. The molecular weight excluding hydrogens is 567 g/mol. The molecule has 4 rings (SSSR count). The summed E-state index contributed by atoms with van der Waals surface area (Å²) in [7, 11) is -4.94. The normalized spacial score (nSPS) is 14.9. The van der Waals surface area contributed by atoms with Gasteiger partial charge in [-0.2, -0.15) is 8.61 Å². The van der Waals surface area contributed by atoms with E-state index in [9.17, 15) is 21.2 Å². The van der Waals surface area contributed by atoms with E-state index < -0.39 is 25.9 Å². The molecule has 0 spiro atoms. The summed E-state index contributed by atoms with van der Waals surface area (Å²) in [4.78, 5) is 0.00422. The van der Waals surface area contributed by atoms with Gasteiger partial charge in [0.1, 0.15) is 5.82 Å². The highest BCUT2D eigenvalue weighted by Gasteiger charge is 2.32. The van der Waals surface area contributed by atoms with Crippen LogP contribution in [0.4, 0.5) is 4.39 Å². The maximum absolute atomic E-state index is 14.0. The second kappa shape index (κ2) is 13.3. The maximum atomic E-state index is 14.0. The van der Waals surface area contributed by atoms with Crippen LogP contribution in [0.1, 0.15) is 50.2 Å². The van der Waals surface area contributed by atoms with Gasteiger partial charge in [-0.15, -0.1) is 0 Å². The van der Waals surface area contributed by atoms with Crippen molar-refractivity contribution < 1.29 is 30.7 Å². The molecule has 11 heteroatoms. The van der Waals surface area contributed by atoms with Crippen molar-refractivity contribution in [3.8, 4) is 11.5 Å². The van der Waals surface area contributed by atoms with E-state index in [1.54, 1.807) is 18.2 Å². The zero-order chi connectivity index (χ0) is 29.6. The Labute approximate surface area is 242 Å². The third-order valence-electron chi connectivity index (χ3n) is 7.47. The van der Waals surface area contributed by atoms with Crippen LogP contribution in [0.15, 0.2) is 76.5 Å². The molecule has 222 valence electrons. The Morgan fingerprint density at radius 3 is 1.95 bits per heavy atom. The van der Waals surface area contributed by atoms with Crippen LogP contribution in [-0.2, 0) is 33.1 Å². The van der Waals surface area contributed by atoms with Gasteiger partial charge in [-0.25, -0.2) is 21.2 Å². The zero-order valence-corrected chi connectivity index (χ0v) is 25.3. The number of hydrogen-bond acceptors (Lipinski definition) is 6. The molecule has 0 aromatic heterocycles. The van der Waals surface area contributed by atoms with Crippen LogP contribution in [0.5, 0.6) is 11.5 Å². The van der Waals surface area contributed by atoms with Gasteiger partial charge in [0, 0.05) is 31.2 Å². The van der Waals surface area contributed by atoms with Gasteiger partial charge in [-0.1, -0.05) is 50.5 Å². The molecule has 1 fully saturated rings. The first kappa shape index (κ1) is 31.0. The van der Waals surface area contributed by atoms with Crippen molar-refractivity contribution in [2.24, 2.45) is 0 Å². The molecule has 0 heterocycles. The number of ether oxygens (including phenoxy) is 2. The van der Waals surface area contributed by atoms with E-state index in [0.717, 1.165) is 32.1 Å². The van der Waals surface area contributed by atoms with Crippen molar-refractivity contribution in [3.05, 3.63) is 83.7 Å². The Morgan fingerprint density at radius 1 is 0.780 bits per heavy atom. The van der Waals surface area contributed by atoms with Crippen LogP contribution >= 0.6 is 0 Å². The molecule has 3 aromatic rings. The molecule has 0 atom stereocenters. The Bertz CT molecular complexity index is 1520. The second-order valence-electron chi connectivity index (χ2n) is 10.0. The minimum absolute atomic E-state index is 0.0473. The highest BCUT2D eigenvalue weighted by Crippen LogP contribution is 2.34. The summed E-state index contributed by atoms with van der Waals surface area (Å²) in [5, 5.41) is 0. The highest BCUT2D eigenvalue weighted by atomic mass is 32.2. The van der Waals surface area contributed by atoms with Crippen LogP contribution in [0, 0.1) is 5.82 Å². The molecule has 0 amide bonds. The van der Waals surface area contributed by atoms with Crippen molar-refractivity contribution in [1.82, 2.24) is 8.61 Å². The van der Waals surface area contributed by atoms with Crippen molar-refractivity contribution in [2.75, 3.05) is 20.8 Å². The van der Waals surface area contributed by atoms with Gasteiger partial charge >= 0.3 is 0 Å². The van der Waals surface area contributed by atoms with Crippen LogP contribution in [0.2, 0.25) is 0 Å². The summed E-state index contributed by atoms with van der Waals surface area (Å²) >= 11 is 0. The third-order valence-corrected chi connectivity index (χ3v) is 11.3. The van der Waals surface area contributed by atoms with Gasteiger partial charge in [0.25, 0.3) is 0 Å². The molecular formula is C30H37FN2O6S2. The smallest absolute Gasteiger partial charge is 0.243 e. The van der Waals surface area contributed by atoms with Gasteiger partial charge in [0.2, 0.25) is 20.0 Å². The lowest BCUT2D eigenvalue weighted by atomic mass is 9.95. The SMILES string of the molecule is CCN(C1CCCCC1)S(=O)(=O)c1ccc(S(=O)(=O)N(Cc2ccc(F)cc2)Cc2cccc(OC)c2OC)cc1. The first-order chi connectivity index (χ1) is 19.6.